The van der Waals surface area contributed by atoms with Crippen LogP contribution in [0.25, 0.3) is 11.4 Å². The number of nitrogen functional groups attached to an aromatic ring is 1. The van der Waals surface area contributed by atoms with Crippen molar-refractivity contribution in [2.45, 2.75) is 45.2 Å². The smallest absolute Gasteiger partial charge is 0.141 e. The lowest BCUT2D eigenvalue weighted by Crippen LogP contribution is -2.24. The largest absolute Gasteiger partial charge is 0.383 e. The number of anilines is 1. The summed E-state index contributed by atoms with van der Waals surface area (Å²) in [5.41, 5.74) is 7.22. The minimum atomic E-state index is -0.291. The molecule has 7 nitrogen and oxygen atoms in total. The maximum Gasteiger partial charge on any atom is 0.141 e. The molecule has 0 atom stereocenters. The van der Waals surface area contributed by atoms with Gasteiger partial charge in [0.05, 0.1) is 17.8 Å². The van der Waals surface area contributed by atoms with Crippen LogP contribution in [0.3, 0.4) is 0 Å². The van der Waals surface area contributed by atoms with Gasteiger partial charge in [-0.05, 0) is 33.6 Å². The molecule has 2 aromatic heterocycles. The zero-order valence-corrected chi connectivity index (χ0v) is 11.8. The van der Waals surface area contributed by atoms with Crippen molar-refractivity contribution in [3.8, 4) is 17.5 Å². The minimum absolute atomic E-state index is 0.291. The fraction of sp³-hybridized carbons (Fsp3) is 0.538. The first-order valence-corrected chi connectivity index (χ1v) is 6.63. The van der Waals surface area contributed by atoms with E-state index in [-0.39, 0.29) is 5.54 Å². The summed E-state index contributed by atoms with van der Waals surface area (Å²) in [5.74, 6) is 0.371. The van der Waals surface area contributed by atoms with Crippen LogP contribution >= 0.6 is 0 Å². The summed E-state index contributed by atoms with van der Waals surface area (Å²) >= 11 is 0. The summed E-state index contributed by atoms with van der Waals surface area (Å²) in [4.78, 5) is 0. The van der Waals surface area contributed by atoms with Gasteiger partial charge in [0.15, 0.2) is 0 Å². The Bertz CT molecular complexity index is 691. The Hall–Kier alpha value is -2.36. The van der Waals surface area contributed by atoms with Crippen molar-refractivity contribution in [2.24, 2.45) is 0 Å². The number of aromatic nitrogens is 5. The van der Waals surface area contributed by atoms with Crippen LogP contribution < -0.4 is 5.73 Å². The van der Waals surface area contributed by atoms with Crippen LogP contribution in [-0.4, -0.2) is 24.8 Å². The molecule has 1 fully saturated rings. The lowest BCUT2D eigenvalue weighted by atomic mass is 10.1. The molecule has 2 N–H and O–H groups in total. The highest BCUT2D eigenvalue weighted by Gasteiger charge is 2.28. The van der Waals surface area contributed by atoms with Crippen molar-refractivity contribution in [1.29, 1.82) is 5.26 Å². The predicted molar refractivity (Wildman–Crippen MR) is 73.6 cm³/mol. The van der Waals surface area contributed by atoms with E-state index in [1.165, 1.54) is 0 Å². The Morgan fingerprint density at radius 1 is 1.40 bits per heavy atom. The van der Waals surface area contributed by atoms with E-state index >= 15 is 0 Å². The van der Waals surface area contributed by atoms with E-state index in [1.54, 1.807) is 4.68 Å². The van der Waals surface area contributed by atoms with Gasteiger partial charge in [0.25, 0.3) is 0 Å². The summed E-state index contributed by atoms with van der Waals surface area (Å²) in [6.45, 7) is 5.97. The molecule has 0 radical (unpaired) electrons. The summed E-state index contributed by atoms with van der Waals surface area (Å²) in [6, 6.07) is 2.57. The maximum atomic E-state index is 9.33. The van der Waals surface area contributed by atoms with E-state index in [1.807, 2.05) is 31.6 Å². The molecule has 0 amide bonds. The zero-order valence-electron chi connectivity index (χ0n) is 11.8. The fourth-order valence-electron chi connectivity index (χ4n) is 2.13. The number of rotatable bonds is 2. The van der Waals surface area contributed by atoms with Crippen molar-refractivity contribution in [2.75, 3.05) is 5.73 Å². The molecule has 2 aromatic rings. The molecule has 0 saturated heterocycles. The van der Waals surface area contributed by atoms with E-state index in [9.17, 15) is 5.26 Å². The molecule has 0 aromatic carbocycles. The van der Waals surface area contributed by atoms with Crippen LogP contribution in [0, 0.1) is 11.3 Å². The lowest BCUT2D eigenvalue weighted by molar-refractivity contribution is 0.362. The average Bonchev–Trinajstić information content (AvgIpc) is 2.99. The molecule has 0 unspecified atom stereocenters. The van der Waals surface area contributed by atoms with Gasteiger partial charge in [-0.3, -0.25) is 0 Å². The molecule has 20 heavy (non-hydrogen) atoms. The molecule has 1 saturated carbocycles. The van der Waals surface area contributed by atoms with Gasteiger partial charge in [0.2, 0.25) is 0 Å². The lowest BCUT2D eigenvalue weighted by Gasteiger charge is -2.20. The average molecular weight is 271 g/mol. The Labute approximate surface area is 117 Å². The first-order valence-electron chi connectivity index (χ1n) is 6.63. The van der Waals surface area contributed by atoms with Gasteiger partial charge >= 0.3 is 0 Å². The van der Waals surface area contributed by atoms with E-state index < -0.39 is 0 Å². The number of nitrogens with zero attached hydrogens (tertiary/aromatic N) is 6. The normalized spacial score (nSPS) is 15.3. The van der Waals surface area contributed by atoms with Crippen LogP contribution in [0.5, 0.6) is 0 Å². The Kier molecular flexibility index (Phi) is 2.57. The second-order valence-corrected chi connectivity index (χ2v) is 6.12. The van der Waals surface area contributed by atoms with Gasteiger partial charge in [0.1, 0.15) is 28.8 Å². The molecule has 7 heteroatoms. The van der Waals surface area contributed by atoms with Crippen molar-refractivity contribution < 1.29 is 0 Å². The van der Waals surface area contributed by atoms with Crippen molar-refractivity contribution in [1.82, 2.24) is 24.8 Å². The van der Waals surface area contributed by atoms with Crippen molar-refractivity contribution in [3.05, 3.63) is 11.8 Å². The number of hydrogen-bond donors (Lipinski definition) is 1. The van der Waals surface area contributed by atoms with Gasteiger partial charge in [-0.2, -0.15) is 10.4 Å². The Morgan fingerprint density at radius 2 is 2.10 bits per heavy atom. The highest BCUT2D eigenvalue weighted by atomic mass is 15.4. The van der Waals surface area contributed by atoms with Crippen LogP contribution in [0.4, 0.5) is 5.82 Å². The molecule has 1 aliphatic carbocycles. The summed E-state index contributed by atoms with van der Waals surface area (Å²) < 4.78 is 3.50. The molecule has 1 aliphatic rings. The molecule has 104 valence electrons. The van der Waals surface area contributed by atoms with Crippen molar-refractivity contribution in [3.63, 3.8) is 0 Å². The predicted octanol–water partition coefficient (Wildman–Crippen LogP) is 1.69. The first-order chi connectivity index (χ1) is 9.41. The summed E-state index contributed by atoms with van der Waals surface area (Å²) in [7, 11) is 0. The highest BCUT2D eigenvalue weighted by molar-refractivity contribution is 5.69. The molecule has 2 heterocycles. The van der Waals surface area contributed by atoms with Crippen LogP contribution in [0.2, 0.25) is 0 Å². The van der Waals surface area contributed by atoms with Crippen LogP contribution in [0.15, 0.2) is 6.20 Å². The third kappa shape index (κ3) is 1.93. The molecule has 3 rings (SSSR count). The third-order valence-electron chi connectivity index (χ3n) is 3.34. The third-order valence-corrected chi connectivity index (χ3v) is 3.34. The van der Waals surface area contributed by atoms with Gasteiger partial charge in [0, 0.05) is 0 Å². The standard InChI is InChI=1S/C13H17N7/c1-13(2,3)20-12(15)9(6-14)11(17-20)10-7-19(18-16-10)8-4-5-8/h7-8H,4-5,15H2,1-3H3. The number of nitrogens with two attached hydrogens (primary N) is 1. The highest BCUT2D eigenvalue weighted by Crippen LogP contribution is 2.35. The van der Waals surface area contributed by atoms with E-state index in [0.717, 1.165) is 12.8 Å². The number of hydrogen-bond acceptors (Lipinski definition) is 5. The zero-order chi connectivity index (χ0) is 14.5. The molecular weight excluding hydrogens is 254 g/mol. The number of nitriles is 1. The summed E-state index contributed by atoms with van der Waals surface area (Å²) in [5, 5.41) is 22.0. The minimum Gasteiger partial charge on any atom is -0.383 e. The van der Waals surface area contributed by atoms with Gasteiger partial charge in [-0.1, -0.05) is 5.21 Å². The van der Waals surface area contributed by atoms with Crippen molar-refractivity contribution >= 4 is 5.82 Å². The van der Waals surface area contributed by atoms with Gasteiger partial charge in [-0.15, -0.1) is 5.10 Å². The van der Waals surface area contributed by atoms with Gasteiger partial charge in [-0.25, -0.2) is 9.36 Å². The van der Waals surface area contributed by atoms with E-state index in [0.29, 0.717) is 28.8 Å². The Balaban J connectivity index is 2.10. The second-order valence-electron chi connectivity index (χ2n) is 6.12. The molecule has 0 aliphatic heterocycles. The molecule has 0 spiro atoms. The van der Waals surface area contributed by atoms with Crippen LogP contribution in [-0.2, 0) is 5.54 Å². The first kappa shape index (κ1) is 12.7. The van der Waals surface area contributed by atoms with Gasteiger partial charge < -0.3 is 5.73 Å². The SMILES string of the molecule is CC(C)(C)n1nc(-c2cn(C3CC3)nn2)c(C#N)c1N. The van der Waals surface area contributed by atoms with E-state index in [4.69, 9.17) is 5.73 Å². The second kappa shape index (κ2) is 4.07. The monoisotopic (exact) mass is 271 g/mol. The topological polar surface area (TPSA) is 98.3 Å². The maximum absolute atomic E-state index is 9.33. The molecule has 0 bridgehead atoms. The van der Waals surface area contributed by atoms with E-state index in [2.05, 4.69) is 21.5 Å². The quantitative estimate of drug-likeness (QED) is 0.896. The van der Waals surface area contributed by atoms with Crippen LogP contribution in [0.1, 0.15) is 45.2 Å². The fourth-order valence-corrected chi connectivity index (χ4v) is 2.13. The summed E-state index contributed by atoms with van der Waals surface area (Å²) in [6.07, 6.45) is 4.10. The molecular formula is C13H17N7. The Morgan fingerprint density at radius 3 is 2.65 bits per heavy atom.